The largest absolute Gasteiger partial charge is 0.408 e. The predicted molar refractivity (Wildman–Crippen MR) is 81.2 cm³/mol. The highest BCUT2D eigenvalue weighted by atomic mass is 35.5. The van der Waals surface area contributed by atoms with Crippen molar-refractivity contribution in [3.8, 4) is 0 Å². The lowest BCUT2D eigenvalue weighted by Gasteiger charge is -2.25. The van der Waals surface area contributed by atoms with Crippen molar-refractivity contribution in [2.24, 2.45) is 0 Å². The fourth-order valence-corrected chi connectivity index (χ4v) is 2.10. The summed E-state index contributed by atoms with van der Waals surface area (Å²) < 4.78 is 5.49. The van der Waals surface area contributed by atoms with Crippen molar-refractivity contribution in [1.82, 2.24) is 10.2 Å². The number of benzene rings is 1. The molecule has 0 amide bonds. The van der Waals surface area contributed by atoms with Crippen molar-refractivity contribution in [1.29, 1.82) is 0 Å². The highest BCUT2D eigenvalue weighted by Gasteiger charge is 2.20. The molecule has 20 heavy (non-hydrogen) atoms. The smallest absolute Gasteiger partial charge is 0.315 e. The third-order valence-electron chi connectivity index (χ3n) is 3.10. The monoisotopic (exact) mass is 293 g/mol. The maximum Gasteiger partial charge on any atom is 0.315 e. The Morgan fingerprint density at radius 2 is 1.90 bits per heavy atom. The Morgan fingerprint density at radius 3 is 2.60 bits per heavy atom. The normalized spacial score (nSPS) is 11.6. The van der Waals surface area contributed by atoms with Crippen LogP contribution in [0.4, 0.5) is 6.01 Å². The zero-order chi connectivity index (χ0) is 14.4. The van der Waals surface area contributed by atoms with Gasteiger partial charge in [0.25, 0.3) is 0 Å². The number of hydrogen-bond acceptors (Lipinski definition) is 4. The molecule has 0 bridgehead atoms. The molecule has 108 valence electrons. The van der Waals surface area contributed by atoms with Gasteiger partial charge in [-0.2, -0.15) is 0 Å². The van der Waals surface area contributed by atoms with Crippen LogP contribution in [-0.2, 0) is 12.8 Å². The summed E-state index contributed by atoms with van der Waals surface area (Å²) in [6.45, 7) is 4.25. The number of aryl methyl sites for hydroxylation is 2. The molecular weight excluding hydrogens is 274 g/mol. The number of nitrogens with zero attached hydrogens (tertiary/aromatic N) is 2. The second kappa shape index (κ2) is 6.75. The van der Waals surface area contributed by atoms with Gasteiger partial charge in [-0.1, -0.05) is 35.4 Å². The number of halogens is 1. The van der Waals surface area contributed by atoms with Gasteiger partial charge >= 0.3 is 6.01 Å². The Morgan fingerprint density at radius 1 is 1.15 bits per heavy atom. The number of aromatic nitrogens is 2. The van der Waals surface area contributed by atoms with E-state index in [1.165, 1.54) is 5.56 Å². The van der Waals surface area contributed by atoms with Gasteiger partial charge in [0.2, 0.25) is 5.89 Å². The van der Waals surface area contributed by atoms with Gasteiger partial charge in [0.1, 0.15) is 0 Å². The van der Waals surface area contributed by atoms with Crippen LogP contribution in [0.2, 0.25) is 0 Å². The Balaban J connectivity index is 1.89. The first-order chi connectivity index (χ1) is 9.59. The molecule has 0 atom stereocenters. The fraction of sp³-hybridized carbons (Fsp3) is 0.467. The minimum atomic E-state index is -0.111. The van der Waals surface area contributed by atoms with Gasteiger partial charge in [-0.3, -0.25) is 0 Å². The molecule has 4 nitrogen and oxygen atoms in total. The van der Waals surface area contributed by atoms with Crippen LogP contribution >= 0.6 is 11.6 Å². The van der Waals surface area contributed by atoms with E-state index in [9.17, 15) is 0 Å². The molecule has 0 unspecified atom stereocenters. The minimum Gasteiger partial charge on any atom is -0.408 e. The molecule has 1 aromatic carbocycles. The van der Waals surface area contributed by atoms with Crippen molar-refractivity contribution in [3.63, 3.8) is 0 Å². The molecule has 1 aromatic heterocycles. The topological polar surface area (TPSA) is 51.0 Å². The third-order valence-corrected chi connectivity index (χ3v) is 3.29. The fourth-order valence-electron chi connectivity index (χ4n) is 1.94. The van der Waals surface area contributed by atoms with Gasteiger partial charge < -0.3 is 9.73 Å². The molecule has 5 heteroatoms. The van der Waals surface area contributed by atoms with Crippen molar-refractivity contribution < 1.29 is 4.42 Å². The van der Waals surface area contributed by atoms with E-state index >= 15 is 0 Å². The predicted octanol–water partition coefficient (Wildman–Crippen LogP) is 3.67. The van der Waals surface area contributed by atoms with Gasteiger partial charge in [-0.05, 0) is 32.3 Å². The zero-order valence-corrected chi connectivity index (χ0v) is 12.7. The van der Waals surface area contributed by atoms with Gasteiger partial charge in [-0.15, -0.1) is 16.7 Å². The average Bonchev–Trinajstić information content (AvgIpc) is 2.85. The summed E-state index contributed by atoms with van der Waals surface area (Å²) >= 11 is 5.65. The molecule has 0 spiro atoms. The zero-order valence-electron chi connectivity index (χ0n) is 11.9. The van der Waals surface area contributed by atoms with E-state index in [-0.39, 0.29) is 5.54 Å². The van der Waals surface area contributed by atoms with Crippen LogP contribution in [0.5, 0.6) is 0 Å². The highest BCUT2D eigenvalue weighted by Crippen LogP contribution is 2.19. The van der Waals surface area contributed by atoms with Crippen LogP contribution < -0.4 is 5.32 Å². The quantitative estimate of drug-likeness (QED) is 0.791. The summed E-state index contributed by atoms with van der Waals surface area (Å²) in [4.78, 5) is 0. The number of anilines is 1. The maximum absolute atomic E-state index is 5.65. The van der Waals surface area contributed by atoms with Gasteiger partial charge in [0, 0.05) is 17.8 Å². The highest BCUT2D eigenvalue weighted by molar-refractivity contribution is 6.17. The lowest BCUT2D eigenvalue weighted by molar-refractivity contribution is 0.462. The number of nitrogens with one attached hydrogen (secondary N) is 1. The molecule has 1 heterocycles. The summed E-state index contributed by atoms with van der Waals surface area (Å²) in [6.07, 6.45) is 2.58. The van der Waals surface area contributed by atoms with E-state index in [0.717, 1.165) is 12.8 Å². The van der Waals surface area contributed by atoms with Crippen molar-refractivity contribution >= 4 is 17.6 Å². The first-order valence-electron chi connectivity index (χ1n) is 6.79. The van der Waals surface area contributed by atoms with E-state index in [1.807, 2.05) is 6.07 Å². The molecule has 2 rings (SSSR count). The molecule has 0 fully saturated rings. The maximum atomic E-state index is 5.65. The second-order valence-corrected chi connectivity index (χ2v) is 5.81. The standard InChI is InChI=1S/C15H20ClN3O/c1-15(2,10-8-12-6-4-3-5-7-12)17-14-19-18-13(20-14)9-11-16/h3-7H,8-11H2,1-2H3,(H,17,19). The molecule has 1 N–H and O–H groups in total. The molecule has 0 saturated carbocycles. The van der Waals surface area contributed by atoms with Crippen molar-refractivity contribution in [2.75, 3.05) is 11.2 Å². The molecule has 0 saturated heterocycles. The Kier molecular flexibility index (Phi) is 5.01. The first-order valence-corrected chi connectivity index (χ1v) is 7.33. The van der Waals surface area contributed by atoms with E-state index in [0.29, 0.717) is 24.2 Å². The number of hydrogen-bond donors (Lipinski definition) is 1. The average molecular weight is 294 g/mol. The Labute approximate surface area is 124 Å². The summed E-state index contributed by atoms with van der Waals surface area (Å²) in [5.74, 6) is 1.06. The first kappa shape index (κ1) is 14.9. The Bertz CT molecular complexity index is 525. The number of alkyl halides is 1. The van der Waals surface area contributed by atoms with Crippen LogP contribution in [0.25, 0.3) is 0 Å². The summed E-state index contributed by atoms with van der Waals surface area (Å²) in [7, 11) is 0. The molecule has 0 aliphatic heterocycles. The Hall–Kier alpha value is -1.55. The van der Waals surface area contributed by atoms with Crippen molar-refractivity contribution in [3.05, 3.63) is 41.8 Å². The van der Waals surface area contributed by atoms with Crippen LogP contribution in [0.1, 0.15) is 31.7 Å². The van der Waals surface area contributed by atoms with E-state index in [2.05, 4.69) is 53.6 Å². The lowest BCUT2D eigenvalue weighted by Crippen LogP contribution is -2.31. The van der Waals surface area contributed by atoms with Gasteiger partial charge in [0.05, 0.1) is 0 Å². The molecular formula is C15H20ClN3O. The molecule has 0 aliphatic carbocycles. The molecule has 0 aliphatic rings. The van der Waals surface area contributed by atoms with E-state index in [4.69, 9.17) is 16.0 Å². The third kappa shape index (κ3) is 4.53. The summed E-state index contributed by atoms with van der Waals surface area (Å²) in [5, 5.41) is 11.2. The van der Waals surface area contributed by atoms with E-state index in [1.54, 1.807) is 0 Å². The van der Waals surface area contributed by atoms with Crippen LogP contribution in [0.15, 0.2) is 34.7 Å². The van der Waals surface area contributed by atoms with Crippen molar-refractivity contribution in [2.45, 2.75) is 38.6 Å². The SMILES string of the molecule is CC(C)(CCc1ccccc1)Nc1nnc(CCCl)o1. The lowest BCUT2D eigenvalue weighted by atomic mass is 9.95. The van der Waals surface area contributed by atoms with E-state index < -0.39 is 0 Å². The van der Waals surface area contributed by atoms with Crippen LogP contribution in [0, 0.1) is 0 Å². The minimum absolute atomic E-state index is 0.111. The van der Waals surface area contributed by atoms with Crippen LogP contribution in [-0.4, -0.2) is 21.6 Å². The number of rotatable bonds is 7. The molecule has 2 aromatic rings. The molecule has 0 radical (unpaired) electrons. The van der Waals surface area contributed by atoms with Gasteiger partial charge in [0.15, 0.2) is 0 Å². The van der Waals surface area contributed by atoms with Crippen LogP contribution in [0.3, 0.4) is 0 Å². The summed E-state index contributed by atoms with van der Waals surface area (Å²) in [6, 6.07) is 10.9. The second-order valence-electron chi connectivity index (χ2n) is 5.43. The summed E-state index contributed by atoms with van der Waals surface area (Å²) in [5.41, 5.74) is 1.22. The van der Waals surface area contributed by atoms with Gasteiger partial charge in [-0.25, -0.2) is 0 Å².